The molecule has 1 saturated heterocycles. The van der Waals surface area contributed by atoms with Gasteiger partial charge in [0.05, 0.1) is 6.10 Å². The third kappa shape index (κ3) is 4.39. The average Bonchev–Trinajstić information content (AvgIpc) is 2.96. The van der Waals surface area contributed by atoms with Crippen LogP contribution in [-0.4, -0.2) is 36.2 Å². The molecule has 112 valence electrons. The summed E-state index contributed by atoms with van der Waals surface area (Å²) in [7, 11) is 0. The van der Waals surface area contributed by atoms with E-state index in [-0.39, 0.29) is 23.1 Å². The smallest absolute Gasteiger partial charge is 0.328 e. The van der Waals surface area contributed by atoms with Gasteiger partial charge in [0.15, 0.2) is 0 Å². The zero-order chi connectivity index (χ0) is 15.2. The number of carboxylic acid groups (broad SMARTS) is 1. The number of carbonyl (C=O) groups is 2. The van der Waals surface area contributed by atoms with Gasteiger partial charge in [-0.2, -0.15) is 0 Å². The van der Waals surface area contributed by atoms with Gasteiger partial charge in [0.2, 0.25) is 0 Å². The Labute approximate surface area is 121 Å². The van der Waals surface area contributed by atoms with Gasteiger partial charge in [-0.3, -0.25) is 4.79 Å². The van der Waals surface area contributed by atoms with Crippen molar-refractivity contribution in [2.75, 3.05) is 13.2 Å². The Morgan fingerprint density at radius 3 is 2.90 bits per heavy atom. The van der Waals surface area contributed by atoms with Crippen LogP contribution >= 0.6 is 0 Å². The summed E-state index contributed by atoms with van der Waals surface area (Å²) in [4.78, 5) is 22.3. The molecule has 21 heavy (non-hydrogen) atoms. The number of halogens is 1. The minimum absolute atomic E-state index is 0.0246. The lowest BCUT2D eigenvalue weighted by Crippen LogP contribution is -2.31. The van der Waals surface area contributed by atoms with Crippen LogP contribution in [0.3, 0.4) is 0 Å². The first kappa shape index (κ1) is 15.2. The van der Waals surface area contributed by atoms with Gasteiger partial charge in [0.25, 0.3) is 5.91 Å². The lowest BCUT2D eigenvalue weighted by molar-refractivity contribution is -0.131. The van der Waals surface area contributed by atoms with Crippen LogP contribution in [0.2, 0.25) is 0 Å². The van der Waals surface area contributed by atoms with Gasteiger partial charge in [-0.15, -0.1) is 0 Å². The van der Waals surface area contributed by atoms with E-state index < -0.39 is 11.8 Å². The molecule has 0 saturated carbocycles. The largest absolute Gasteiger partial charge is 0.478 e. The Balaban J connectivity index is 1.98. The molecule has 2 N–H and O–H groups in total. The molecule has 0 radical (unpaired) electrons. The van der Waals surface area contributed by atoms with Crippen LogP contribution in [0.25, 0.3) is 6.08 Å². The minimum Gasteiger partial charge on any atom is -0.478 e. The molecule has 0 aliphatic carbocycles. The molecule has 0 bridgehead atoms. The second kappa shape index (κ2) is 6.99. The van der Waals surface area contributed by atoms with Crippen molar-refractivity contribution in [2.24, 2.45) is 0 Å². The minimum atomic E-state index is -1.16. The van der Waals surface area contributed by atoms with Crippen molar-refractivity contribution in [1.82, 2.24) is 5.32 Å². The van der Waals surface area contributed by atoms with Crippen LogP contribution < -0.4 is 5.32 Å². The Morgan fingerprint density at radius 1 is 1.48 bits per heavy atom. The number of carboxylic acids is 1. The van der Waals surface area contributed by atoms with Gasteiger partial charge in [0.1, 0.15) is 5.82 Å². The molecule has 1 fully saturated rings. The molecule has 1 aromatic rings. The molecule has 0 spiro atoms. The van der Waals surface area contributed by atoms with E-state index in [0.29, 0.717) is 13.2 Å². The van der Waals surface area contributed by atoms with Crippen molar-refractivity contribution in [3.63, 3.8) is 0 Å². The molecular weight excluding hydrogens is 277 g/mol. The number of nitrogens with one attached hydrogen (secondary N) is 1. The number of ether oxygens (including phenoxy) is 1. The van der Waals surface area contributed by atoms with Crippen molar-refractivity contribution in [3.05, 3.63) is 41.2 Å². The number of carbonyl (C=O) groups excluding carboxylic acids is 1. The topological polar surface area (TPSA) is 75.6 Å². The van der Waals surface area contributed by atoms with Crippen molar-refractivity contribution < 1.29 is 23.8 Å². The summed E-state index contributed by atoms with van der Waals surface area (Å²) < 4.78 is 19.1. The highest BCUT2D eigenvalue weighted by Gasteiger charge is 2.17. The highest BCUT2D eigenvalue weighted by molar-refractivity contribution is 5.94. The molecule has 5 nitrogen and oxygen atoms in total. The van der Waals surface area contributed by atoms with E-state index in [9.17, 15) is 14.0 Å². The molecule has 1 heterocycles. The Kier molecular flexibility index (Phi) is 5.05. The van der Waals surface area contributed by atoms with Crippen LogP contribution in [0, 0.1) is 5.82 Å². The summed E-state index contributed by atoms with van der Waals surface area (Å²) >= 11 is 0. The van der Waals surface area contributed by atoms with Crippen LogP contribution in [-0.2, 0) is 9.53 Å². The van der Waals surface area contributed by atoms with E-state index in [1.54, 1.807) is 0 Å². The molecular formula is C15H16FNO4. The van der Waals surface area contributed by atoms with Crippen molar-refractivity contribution in [3.8, 4) is 0 Å². The van der Waals surface area contributed by atoms with Crippen LogP contribution in [0.1, 0.15) is 28.8 Å². The zero-order valence-electron chi connectivity index (χ0n) is 11.3. The number of aliphatic carboxylic acids is 1. The van der Waals surface area contributed by atoms with E-state index in [2.05, 4.69) is 5.32 Å². The van der Waals surface area contributed by atoms with Crippen molar-refractivity contribution in [1.29, 1.82) is 0 Å². The third-order valence-electron chi connectivity index (χ3n) is 3.18. The van der Waals surface area contributed by atoms with Crippen molar-refractivity contribution >= 4 is 18.0 Å². The number of benzene rings is 1. The van der Waals surface area contributed by atoms with Gasteiger partial charge < -0.3 is 15.2 Å². The summed E-state index contributed by atoms with van der Waals surface area (Å²) in [6.45, 7) is 1.11. The van der Waals surface area contributed by atoms with Crippen LogP contribution in [0.15, 0.2) is 24.3 Å². The Morgan fingerprint density at radius 2 is 2.29 bits per heavy atom. The molecule has 6 heteroatoms. The SMILES string of the molecule is O=C(O)C=Cc1ccc(C(=O)NCC2CCCO2)cc1F. The predicted molar refractivity (Wildman–Crippen MR) is 74.4 cm³/mol. The molecule has 1 atom stereocenters. The molecule has 0 aromatic heterocycles. The summed E-state index contributed by atoms with van der Waals surface area (Å²) in [6.07, 6.45) is 3.91. The van der Waals surface area contributed by atoms with Crippen molar-refractivity contribution in [2.45, 2.75) is 18.9 Å². The first-order valence-electron chi connectivity index (χ1n) is 6.66. The zero-order valence-corrected chi connectivity index (χ0v) is 11.3. The molecule has 2 rings (SSSR count). The normalized spacial score (nSPS) is 18.0. The summed E-state index contributed by atoms with van der Waals surface area (Å²) in [5, 5.41) is 11.2. The van der Waals surface area contributed by atoms with Crippen LogP contribution in [0.5, 0.6) is 0 Å². The number of hydrogen-bond acceptors (Lipinski definition) is 3. The molecule has 1 aliphatic heterocycles. The number of amides is 1. The van der Waals surface area contributed by atoms with Gasteiger partial charge in [-0.25, -0.2) is 9.18 Å². The highest BCUT2D eigenvalue weighted by atomic mass is 19.1. The predicted octanol–water partition coefficient (Wildman–Crippen LogP) is 1.83. The van der Waals surface area contributed by atoms with E-state index in [1.807, 2.05) is 0 Å². The number of rotatable bonds is 5. The van der Waals surface area contributed by atoms with E-state index in [4.69, 9.17) is 9.84 Å². The Hall–Kier alpha value is -2.21. The fourth-order valence-corrected chi connectivity index (χ4v) is 2.08. The molecule has 1 unspecified atom stereocenters. The number of hydrogen-bond donors (Lipinski definition) is 2. The second-order valence-corrected chi connectivity index (χ2v) is 4.75. The second-order valence-electron chi connectivity index (χ2n) is 4.75. The summed E-state index contributed by atoms with van der Waals surface area (Å²) in [5.41, 5.74) is 0.311. The maximum atomic E-state index is 13.8. The first-order chi connectivity index (χ1) is 10.1. The average molecular weight is 293 g/mol. The van der Waals surface area contributed by atoms with Gasteiger partial charge in [-0.1, -0.05) is 6.07 Å². The quantitative estimate of drug-likeness (QED) is 0.812. The maximum absolute atomic E-state index is 13.8. The molecule has 1 aliphatic rings. The van der Waals surface area contributed by atoms with Gasteiger partial charge in [0, 0.05) is 30.4 Å². The molecule has 1 aromatic carbocycles. The standard InChI is InChI=1S/C15H16FNO4/c16-13-8-11(4-3-10(13)5-6-14(18)19)15(20)17-9-12-2-1-7-21-12/h3-6,8,12H,1-2,7,9H2,(H,17,20)(H,18,19). The fraction of sp³-hybridized carbons (Fsp3) is 0.333. The van der Waals surface area contributed by atoms with Gasteiger partial charge in [-0.05, 0) is 31.1 Å². The van der Waals surface area contributed by atoms with Gasteiger partial charge >= 0.3 is 5.97 Å². The summed E-state index contributed by atoms with van der Waals surface area (Å²) in [6, 6.07) is 3.91. The Bertz CT molecular complexity index is 565. The lowest BCUT2D eigenvalue weighted by Gasteiger charge is -2.11. The summed E-state index contributed by atoms with van der Waals surface area (Å²) in [5.74, 6) is -2.18. The lowest BCUT2D eigenvalue weighted by atomic mass is 10.1. The van der Waals surface area contributed by atoms with E-state index >= 15 is 0 Å². The molecule has 1 amide bonds. The van der Waals surface area contributed by atoms with E-state index in [0.717, 1.165) is 31.1 Å². The first-order valence-corrected chi connectivity index (χ1v) is 6.66. The fourth-order valence-electron chi connectivity index (χ4n) is 2.08. The maximum Gasteiger partial charge on any atom is 0.328 e. The monoisotopic (exact) mass is 293 g/mol. The highest BCUT2D eigenvalue weighted by Crippen LogP contribution is 2.13. The third-order valence-corrected chi connectivity index (χ3v) is 3.18. The van der Waals surface area contributed by atoms with Crippen LogP contribution in [0.4, 0.5) is 4.39 Å². The van der Waals surface area contributed by atoms with E-state index in [1.165, 1.54) is 12.1 Å².